The Labute approximate surface area is 108 Å². The van der Waals surface area contributed by atoms with Gasteiger partial charge in [-0.1, -0.05) is 11.6 Å². The first-order valence-electron chi connectivity index (χ1n) is 5.89. The smallest absolute Gasteiger partial charge is 0.255 e. The summed E-state index contributed by atoms with van der Waals surface area (Å²) >= 11 is 0. The van der Waals surface area contributed by atoms with Gasteiger partial charge in [0.2, 0.25) is 0 Å². The molecule has 0 radical (unpaired) electrons. The van der Waals surface area contributed by atoms with Crippen LogP contribution in [0.2, 0.25) is 0 Å². The van der Waals surface area contributed by atoms with Crippen molar-refractivity contribution in [3.8, 4) is 5.75 Å². The molecular formula is C14H21NO3. The molecule has 0 aliphatic carbocycles. The molecule has 4 nitrogen and oxygen atoms in total. The van der Waals surface area contributed by atoms with Gasteiger partial charge in [-0.3, -0.25) is 4.79 Å². The number of carbonyl (C=O) groups is 1. The Kier molecular flexibility index (Phi) is 3.72. The van der Waals surface area contributed by atoms with Gasteiger partial charge in [0, 0.05) is 0 Å². The summed E-state index contributed by atoms with van der Waals surface area (Å²) in [5, 5.41) is 22.4. The first-order valence-corrected chi connectivity index (χ1v) is 5.89. The lowest BCUT2D eigenvalue weighted by atomic mass is 9.85. The fourth-order valence-corrected chi connectivity index (χ4v) is 1.34. The standard InChI is InChI=1S/C14H21NO3/c1-9-6-7-11(16)10(8-9)12(17)15-13(2,3)14(4,5)18/h6-8,16,18H,1-5H3,(H,15,17). The number of hydrogen-bond donors (Lipinski definition) is 3. The average molecular weight is 251 g/mol. The third-order valence-corrected chi connectivity index (χ3v) is 3.35. The van der Waals surface area contributed by atoms with Crippen molar-refractivity contribution in [3.05, 3.63) is 29.3 Å². The molecule has 0 aliphatic rings. The minimum Gasteiger partial charge on any atom is -0.507 e. The van der Waals surface area contributed by atoms with E-state index in [2.05, 4.69) is 5.32 Å². The molecule has 1 aromatic carbocycles. The van der Waals surface area contributed by atoms with Crippen molar-refractivity contribution in [2.24, 2.45) is 0 Å². The lowest BCUT2D eigenvalue weighted by Crippen LogP contribution is -2.57. The van der Waals surface area contributed by atoms with Gasteiger partial charge in [0.1, 0.15) is 5.75 Å². The van der Waals surface area contributed by atoms with Crippen LogP contribution in [0.15, 0.2) is 18.2 Å². The molecule has 0 bridgehead atoms. The number of hydrogen-bond acceptors (Lipinski definition) is 3. The number of benzene rings is 1. The minimum atomic E-state index is -1.07. The Morgan fingerprint density at radius 2 is 1.78 bits per heavy atom. The highest BCUT2D eigenvalue weighted by molar-refractivity contribution is 5.97. The summed E-state index contributed by atoms with van der Waals surface area (Å²) < 4.78 is 0. The molecule has 1 aromatic rings. The molecule has 0 saturated carbocycles. The summed E-state index contributed by atoms with van der Waals surface area (Å²) in [5.74, 6) is -0.465. The molecule has 0 unspecified atom stereocenters. The van der Waals surface area contributed by atoms with Gasteiger partial charge in [-0.05, 0) is 46.8 Å². The van der Waals surface area contributed by atoms with Gasteiger partial charge < -0.3 is 15.5 Å². The number of phenols is 1. The molecule has 3 N–H and O–H groups in total. The monoisotopic (exact) mass is 251 g/mol. The van der Waals surface area contributed by atoms with Gasteiger partial charge in [0.25, 0.3) is 5.91 Å². The van der Waals surface area contributed by atoms with Gasteiger partial charge in [-0.25, -0.2) is 0 Å². The van der Waals surface area contributed by atoms with Crippen molar-refractivity contribution in [1.29, 1.82) is 0 Å². The van der Waals surface area contributed by atoms with Crippen LogP contribution < -0.4 is 5.32 Å². The Hall–Kier alpha value is -1.55. The highest BCUT2D eigenvalue weighted by atomic mass is 16.3. The second kappa shape index (κ2) is 4.61. The average Bonchev–Trinajstić information content (AvgIpc) is 2.19. The van der Waals surface area contributed by atoms with Crippen molar-refractivity contribution in [3.63, 3.8) is 0 Å². The van der Waals surface area contributed by atoms with E-state index in [-0.39, 0.29) is 11.3 Å². The van der Waals surface area contributed by atoms with Crippen molar-refractivity contribution >= 4 is 5.91 Å². The van der Waals surface area contributed by atoms with E-state index in [1.807, 2.05) is 6.92 Å². The molecule has 0 aliphatic heterocycles. The van der Waals surface area contributed by atoms with Crippen LogP contribution in [0, 0.1) is 6.92 Å². The van der Waals surface area contributed by atoms with Crippen LogP contribution in [-0.4, -0.2) is 27.3 Å². The molecule has 0 atom stereocenters. The van der Waals surface area contributed by atoms with Gasteiger partial charge in [-0.15, -0.1) is 0 Å². The largest absolute Gasteiger partial charge is 0.507 e. The van der Waals surface area contributed by atoms with Gasteiger partial charge in [-0.2, -0.15) is 0 Å². The molecule has 0 heterocycles. The van der Waals surface area contributed by atoms with Crippen LogP contribution in [0.1, 0.15) is 43.6 Å². The van der Waals surface area contributed by atoms with Crippen LogP contribution in [0.5, 0.6) is 5.75 Å². The Morgan fingerprint density at radius 3 is 2.28 bits per heavy atom. The summed E-state index contributed by atoms with van der Waals surface area (Å²) in [6.45, 7) is 8.57. The number of phenolic OH excluding ortho intramolecular Hbond substituents is 1. The zero-order chi connectivity index (χ0) is 14.1. The topological polar surface area (TPSA) is 69.6 Å². The third-order valence-electron chi connectivity index (χ3n) is 3.35. The SMILES string of the molecule is Cc1ccc(O)c(C(=O)NC(C)(C)C(C)(C)O)c1. The summed E-state index contributed by atoms with van der Waals surface area (Å²) in [4.78, 5) is 12.1. The van der Waals surface area contributed by atoms with Crippen LogP contribution in [0.3, 0.4) is 0 Å². The van der Waals surface area contributed by atoms with E-state index in [1.165, 1.54) is 6.07 Å². The van der Waals surface area contributed by atoms with E-state index in [0.29, 0.717) is 0 Å². The third kappa shape index (κ3) is 3.01. The van der Waals surface area contributed by atoms with Crippen molar-refractivity contribution < 1.29 is 15.0 Å². The van der Waals surface area contributed by atoms with E-state index in [4.69, 9.17) is 0 Å². The van der Waals surface area contributed by atoms with Crippen LogP contribution in [0.4, 0.5) is 0 Å². The fourth-order valence-electron chi connectivity index (χ4n) is 1.34. The molecular weight excluding hydrogens is 230 g/mol. The molecule has 100 valence electrons. The molecule has 0 fully saturated rings. The Morgan fingerprint density at radius 1 is 1.22 bits per heavy atom. The van der Waals surface area contributed by atoms with Crippen LogP contribution in [0.25, 0.3) is 0 Å². The molecule has 0 aromatic heterocycles. The summed E-state index contributed by atoms with van der Waals surface area (Å²) in [6.07, 6.45) is 0. The maximum Gasteiger partial charge on any atom is 0.255 e. The number of aliphatic hydroxyl groups is 1. The van der Waals surface area contributed by atoms with Crippen molar-refractivity contribution in [2.45, 2.75) is 45.8 Å². The highest BCUT2D eigenvalue weighted by Crippen LogP contribution is 2.23. The summed E-state index contributed by atoms with van der Waals surface area (Å²) in [5.41, 5.74) is -0.770. The van der Waals surface area contributed by atoms with E-state index >= 15 is 0 Å². The van der Waals surface area contributed by atoms with E-state index in [9.17, 15) is 15.0 Å². The fraction of sp³-hybridized carbons (Fsp3) is 0.500. The normalized spacial score (nSPS) is 12.3. The maximum atomic E-state index is 12.1. The molecule has 0 spiro atoms. The van der Waals surface area contributed by atoms with Crippen LogP contribution in [-0.2, 0) is 0 Å². The number of aromatic hydroxyl groups is 1. The van der Waals surface area contributed by atoms with Gasteiger partial charge >= 0.3 is 0 Å². The second-order valence-corrected chi connectivity index (χ2v) is 5.66. The number of rotatable bonds is 3. The summed E-state index contributed by atoms with van der Waals surface area (Å²) in [6, 6.07) is 4.83. The van der Waals surface area contributed by atoms with Crippen molar-refractivity contribution in [1.82, 2.24) is 5.32 Å². The van der Waals surface area contributed by atoms with E-state index in [1.54, 1.807) is 39.8 Å². The highest BCUT2D eigenvalue weighted by Gasteiger charge is 2.36. The van der Waals surface area contributed by atoms with Gasteiger partial charge in [0.05, 0.1) is 16.7 Å². The number of aryl methyl sites for hydroxylation is 1. The first-order chi connectivity index (χ1) is 8.04. The number of carbonyl (C=O) groups excluding carboxylic acids is 1. The number of amides is 1. The van der Waals surface area contributed by atoms with Crippen LogP contribution >= 0.6 is 0 Å². The quantitative estimate of drug-likeness (QED) is 0.769. The Balaban J connectivity index is 3.00. The van der Waals surface area contributed by atoms with Gasteiger partial charge in [0.15, 0.2) is 0 Å². The summed E-state index contributed by atoms with van der Waals surface area (Å²) in [7, 11) is 0. The predicted molar refractivity (Wildman–Crippen MR) is 70.7 cm³/mol. The van der Waals surface area contributed by atoms with Crippen molar-refractivity contribution in [2.75, 3.05) is 0 Å². The molecule has 0 saturated heterocycles. The first kappa shape index (κ1) is 14.5. The molecule has 1 rings (SSSR count). The molecule has 18 heavy (non-hydrogen) atoms. The zero-order valence-electron chi connectivity index (χ0n) is 11.5. The Bertz CT molecular complexity index is 459. The second-order valence-electron chi connectivity index (χ2n) is 5.66. The molecule has 1 amide bonds. The maximum absolute atomic E-state index is 12.1. The van der Waals surface area contributed by atoms with E-state index in [0.717, 1.165) is 5.56 Å². The lowest BCUT2D eigenvalue weighted by molar-refractivity contribution is -0.00297. The predicted octanol–water partition coefficient (Wildman–Crippen LogP) is 1.98. The lowest BCUT2D eigenvalue weighted by Gasteiger charge is -2.38. The minimum absolute atomic E-state index is 0.0651. The number of nitrogens with one attached hydrogen (secondary N) is 1. The zero-order valence-corrected chi connectivity index (χ0v) is 11.5. The van der Waals surface area contributed by atoms with E-state index < -0.39 is 17.0 Å². The molecule has 4 heteroatoms.